The molecule has 1 aliphatic heterocycles. The molecule has 1 aromatic rings. The second-order valence-corrected chi connectivity index (χ2v) is 5.18. The Morgan fingerprint density at radius 3 is 3.05 bits per heavy atom. The molecular formula is C12H17N3O4. The van der Waals surface area contributed by atoms with Gasteiger partial charge in [-0.3, -0.25) is 15.1 Å². The molecule has 7 nitrogen and oxygen atoms in total. The van der Waals surface area contributed by atoms with Crippen LogP contribution in [0.5, 0.6) is 0 Å². The van der Waals surface area contributed by atoms with E-state index in [0.29, 0.717) is 18.8 Å². The molecule has 0 bridgehead atoms. The van der Waals surface area contributed by atoms with Crippen LogP contribution in [0, 0.1) is 10.1 Å². The van der Waals surface area contributed by atoms with Crippen LogP contribution in [0.25, 0.3) is 0 Å². The molecule has 0 aliphatic carbocycles. The average Bonchev–Trinajstić information content (AvgIpc) is 2.36. The summed E-state index contributed by atoms with van der Waals surface area (Å²) < 4.78 is 5.70. The molecule has 1 fully saturated rings. The first kappa shape index (κ1) is 13.7. The summed E-state index contributed by atoms with van der Waals surface area (Å²) in [4.78, 5) is 16.2. The summed E-state index contributed by atoms with van der Waals surface area (Å²) >= 11 is 0. The number of rotatable bonds is 3. The Kier molecular flexibility index (Phi) is 3.68. The Morgan fingerprint density at radius 2 is 2.42 bits per heavy atom. The lowest BCUT2D eigenvalue weighted by Gasteiger charge is -2.43. The van der Waals surface area contributed by atoms with Crippen molar-refractivity contribution in [2.75, 3.05) is 24.6 Å². The zero-order chi connectivity index (χ0) is 14.0. The first-order chi connectivity index (χ1) is 8.93. The third-order valence-electron chi connectivity index (χ3n) is 3.00. The van der Waals surface area contributed by atoms with E-state index in [-0.39, 0.29) is 18.4 Å². The topological polar surface area (TPSA) is 88.7 Å². The van der Waals surface area contributed by atoms with Gasteiger partial charge in [0.1, 0.15) is 11.9 Å². The third kappa shape index (κ3) is 2.99. The van der Waals surface area contributed by atoms with Gasteiger partial charge in [-0.2, -0.15) is 0 Å². The zero-order valence-corrected chi connectivity index (χ0v) is 10.9. The number of aromatic nitrogens is 1. The number of aliphatic hydroxyl groups is 1. The van der Waals surface area contributed by atoms with Gasteiger partial charge in [-0.15, -0.1) is 0 Å². The van der Waals surface area contributed by atoms with E-state index in [1.54, 1.807) is 6.07 Å². The van der Waals surface area contributed by atoms with E-state index in [0.717, 1.165) is 0 Å². The fourth-order valence-corrected chi connectivity index (χ4v) is 2.36. The van der Waals surface area contributed by atoms with E-state index in [1.807, 2.05) is 18.7 Å². The highest BCUT2D eigenvalue weighted by Crippen LogP contribution is 2.31. The van der Waals surface area contributed by atoms with Gasteiger partial charge in [0, 0.05) is 19.3 Å². The number of ether oxygens (including phenoxy) is 1. The Balaban J connectivity index is 2.33. The van der Waals surface area contributed by atoms with Crippen LogP contribution in [0.4, 0.5) is 11.4 Å². The molecule has 2 rings (SSSR count). The summed E-state index contributed by atoms with van der Waals surface area (Å²) in [5.74, 6) is 0. The number of nitro groups is 1. The van der Waals surface area contributed by atoms with Gasteiger partial charge in [0.2, 0.25) is 0 Å². The summed E-state index contributed by atoms with van der Waals surface area (Å²) in [7, 11) is 0. The average molecular weight is 267 g/mol. The number of hydrogen-bond acceptors (Lipinski definition) is 6. The van der Waals surface area contributed by atoms with E-state index < -0.39 is 10.5 Å². The van der Waals surface area contributed by atoms with Crippen molar-refractivity contribution >= 4 is 11.4 Å². The van der Waals surface area contributed by atoms with Crippen LogP contribution in [-0.2, 0) is 4.74 Å². The van der Waals surface area contributed by atoms with Gasteiger partial charge in [-0.1, -0.05) is 0 Å². The van der Waals surface area contributed by atoms with Crippen LogP contribution in [-0.4, -0.2) is 46.4 Å². The lowest BCUT2D eigenvalue weighted by molar-refractivity contribution is -0.384. The fraction of sp³-hybridized carbons (Fsp3) is 0.583. The maximum absolute atomic E-state index is 11.0. The van der Waals surface area contributed by atoms with E-state index in [9.17, 15) is 15.2 Å². The molecule has 1 aliphatic rings. The second-order valence-electron chi connectivity index (χ2n) is 5.18. The van der Waals surface area contributed by atoms with Crippen LogP contribution >= 0.6 is 0 Å². The van der Waals surface area contributed by atoms with Gasteiger partial charge >= 0.3 is 5.69 Å². The molecule has 0 amide bonds. The molecule has 0 radical (unpaired) electrons. The predicted molar refractivity (Wildman–Crippen MR) is 69.1 cm³/mol. The molecule has 7 heteroatoms. The number of pyridine rings is 1. The molecule has 0 spiro atoms. The Hall–Kier alpha value is -1.73. The minimum absolute atomic E-state index is 0.0307. The SMILES string of the molecule is CC1(C)CN(c2ccncc2[N+](=O)[O-])CC(CO)O1. The molecule has 104 valence electrons. The number of nitrogens with zero attached hydrogens (tertiary/aromatic N) is 3. The maximum Gasteiger partial charge on any atom is 0.310 e. The van der Waals surface area contributed by atoms with Crippen molar-refractivity contribution < 1.29 is 14.8 Å². The third-order valence-corrected chi connectivity index (χ3v) is 3.00. The van der Waals surface area contributed by atoms with Crippen LogP contribution in [0.1, 0.15) is 13.8 Å². The summed E-state index contributed by atoms with van der Waals surface area (Å²) in [5.41, 5.74) is 0.00898. The molecule has 1 saturated heterocycles. The fourth-order valence-electron chi connectivity index (χ4n) is 2.36. The molecule has 1 atom stereocenters. The Morgan fingerprint density at radius 1 is 1.68 bits per heavy atom. The van der Waals surface area contributed by atoms with Gasteiger partial charge in [0.15, 0.2) is 0 Å². The van der Waals surface area contributed by atoms with Crippen molar-refractivity contribution in [2.24, 2.45) is 0 Å². The van der Waals surface area contributed by atoms with Crippen molar-refractivity contribution in [2.45, 2.75) is 25.6 Å². The highest BCUT2D eigenvalue weighted by molar-refractivity contribution is 5.62. The lowest BCUT2D eigenvalue weighted by atomic mass is 10.0. The van der Waals surface area contributed by atoms with Gasteiger partial charge in [-0.25, -0.2) is 0 Å². The molecule has 2 heterocycles. The van der Waals surface area contributed by atoms with Crippen LogP contribution in [0.2, 0.25) is 0 Å². The Bertz CT molecular complexity index is 478. The predicted octanol–water partition coefficient (Wildman–Crippen LogP) is 0.966. The molecule has 0 saturated carbocycles. The van der Waals surface area contributed by atoms with Crippen molar-refractivity contribution in [3.8, 4) is 0 Å². The smallest absolute Gasteiger partial charge is 0.310 e. The number of anilines is 1. The highest BCUT2D eigenvalue weighted by atomic mass is 16.6. The highest BCUT2D eigenvalue weighted by Gasteiger charge is 2.35. The normalized spacial score (nSPS) is 22.3. The molecule has 1 N–H and O–H groups in total. The maximum atomic E-state index is 11.0. The summed E-state index contributed by atoms with van der Waals surface area (Å²) in [6.45, 7) is 4.63. The first-order valence-corrected chi connectivity index (χ1v) is 6.05. The largest absolute Gasteiger partial charge is 0.394 e. The van der Waals surface area contributed by atoms with Crippen molar-refractivity contribution in [3.63, 3.8) is 0 Å². The van der Waals surface area contributed by atoms with Gasteiger partial charge in [0.25, 0.3) is 0 Å². The van der Waals surface area contributed by atoms with Crippen LogP contribution < -0.4 is 4.90 Å². The number of morpholine rings is 1. The minimum Gasteiger partial charge on any atom is -0.394 e. The van der Waals surface area contributed by atoms with E-state index in [4.69, 9.17) is 4.74 Å². The van der Waals surface area contributed by atoms with E-state index in [1.165, 1.54) is 12.4 Å². The Labute approximate surface area is 111 Å². The molecule has 19 heavy (non-hydrogen) atoms. The van der Waals surface area contributed by atoms with Crippen LogP contribution in [0.15, 0.2) is 18.5 Å². The molecule has 1 unspecified atom stereocenters. The number of hydrogen-bond donors (Lipinski definition) is 1. The standard InChI is InChI=1S/C12H17N3O4/c1-12(2)8-14(6-9(7-16)19-12)10-3-4-13-5-11(10)15(17)18/h3-5,9,16H,6-8H2,1-2H3. The van der Waals surface area contributed by atoms with Gasteiger partial charge < -0.3 is 14.7 Å². The molecule has 1 aromatic heterocycles. The lowest BCUT2D eigenvalue weighted by Crippen LogP contribution is -2.54. The van der Waals surface area contributed by atoms with Gasteiger partial charge in [-0.05, 0) is 19.9 Å². The van der Waals surface area contributed by atoms with E-state index in [2.05, 4.69) is 4.98 Å². The van der Waals surface area contributed by atoms with Crippen LogP contribution in [0.3, 0.4) is 0 Å². The molecule has 0 aromatic carbocycles. The molecular weight excluding hydrogens is 250 g/mol. The quantitative estimate of drug-likeness (QED) is 0.648. The monoisotopic (exact) mass is 267 g/mol. The summed E-state index contributed by atoms with van der Waals surface area (Å²) in [6.07, 6.45) is 2.42. The van der Waals surface area contributed by atoms with E-state index >= 15 is 0 Å². The van der Waals surface area contributed by atoms with Crippen molar-refractivity contribution in [3.05, 3.63) is 28.6 Å². The zero-order valence-electron chi connectivity index (χ0n) is 10.9. The second kappa shape index (κ2) is 5.10. The summed E-state index contributed by atoms with van der Waals surface area (Å²) in [6, 6.07) is 1.62. The minimum atomic E-state index is -0.469. The van der Waals surface area contributed by atoms with Crippen molar-refractivity contribution in [1.29, 1.82) is 0 Å². The summed E-state index contributed by atoms with van der Waals surface area (Å²) in [5, 5.41) is 20.3. The number of aliphatic hydroxyl groups excluding tert-OH is 1. The first-order valence-electron chi connectivity index (χ1n) is 6.05. The van der Waals surface area contributed by atoms with Gasteiger partial charge in [0.05, 0.1) is 23.2 Å². The van der Waals surface area contributed by atoms with Crippen molar-refractivity contribution in [1.82, 2.24) is 4.98 Å².